The maximum Gasteiger partial charge on any atom is 0.264 e. The Balaban J connectivity index is 2.02. The molecule has 3 aromatic carbocycles. The van der Waals surface area contributed by atoms with Crippen molar-refractivity contribution in [1.29, 1.82) is 0 Å². The van der Waals surface area contributed by atoms with E-state index < -0.39 is 22.5 Å². The summed E-state index contributed by atoms with van der Waals surface area (Å²) in [7, 11) is -4.12. The van der Waals surface area contributed by atoms with E-state index in [0.717, 1.165) is 9.87 Å². The van der Waals surface area contributed by atoms with Crippen LogP contribution in [0, 0.1) is 6.92 Å². The number of nitrogens with zero attached hydrogens (tertiary/aromatic N) is 1. The maximum atomic E-state index is 13.4. The predicted octanol–water partition coefficient (Wildman–Crippen LogP) is 6.44. The van der Waals surface area contributed by atoms with Crippen LogP contribution in [0.15, 0.2) is 65.6 Å². The summed E-state index contributed by atoms with van der Waals surface area (Å²) in [5, 5.41) is 3.46. The van der Waals surface area contributed by atoms with E-state index in [-0.39, 0.29) is 36.4 Å². The van der Waals surface area contributed by atoms with Crippen molar-refractivity contribution in [3.8, 4) is 0 Å². The minimum Gasteiger partial charge on any atom is -0.322 e. The molecule has 0 bridgehead atoms. The average molecular weight is 518 g/mol. The number of hydrogen-bond acceptors (Lipinski definition) is 3. The van der Waals surface area contributed by atoms with E-state index >= 15 is 0 Å². The quantitative estimate of drug-likeness (QED) is 0.409. The van der Waals surface area contributed by atoms with Crippen LogP contribution in [-0.4, -0.2) is 20.9 Å². The van der Waals surface area contributed by atoms with Gasteiger partial charge in [-0.1, -0.05) is 70.2 Å². The summed E-state index contributed by atoms with van der Waals surface area (Å²) in [6.45, 7) is 1.28. The number of para-hydroxylation sites is 1. The molecule has 0 unspecified atom stereocenters. The molecule has 0 heterocycles. The molecule has 0 aromatic heterocycles. The lowest BCUT2D eigenvalue weighted by molar-refractivity contribution is -0.114. The van der Waals surface area contributed by atoms with E-state index in [1.807, 2.05) is 6.92 Å². The molecule has 31 heavy (non-hydrogen) atoms. The van der Waals surface area contributed by atoms with E-state index in [0.29, 0.717) is 0 Å². The van der Waals surface area contributed by atoms with Crippen molar-refractivity contribution in [3.05, 3.63) is 86.3 Å². The lowest BCUT2D eigenvalue weighted by Crippen LogP contribution is -2.38. The summed E-state index contributed by atoms with van der Waals surface area (Å²) in [5.74, 6) is -0.651. The standard InChI is InChI=1S/C21H16Cl4N2O3S/c1-13-5-7-17(8-6-13)31(29,30)27(16-10-14(22)9-15(23)11-16)12-20(28)26-21-18(24)3-2-4-19(21)25/h2-11H,12H2,1H3,(H,26,28). The summed E-state index contributed by atoms with van der Waals surface area (Å²) in [4.78, 5) is 12.8. The summed E-state index contributed by atoms with van der Waals surface area (Å²) in [6.07, 6.45) is 0. The van der Waals surface area contributed by atoms with Crippen molar-refractivity contribution in [3.63, 3.8) is 0 Å². The normalized spacial score (nSPS) is 11.3. The van der Waals surface area contributed by atoms with Crippen LogP contribution >= 0.6 is 46.4 Å². The molecule has 0 saturated carbocycles. The first-order valence-electron chi connectivity index (χ1n) is 8.87. The first-order valence-corrected chi connectivity index (χ1v) is 11.8. The highest BCUT2D eigenvalue weighted by atomic mass is 35.5. The second kappa shape index (κ2) is 9.67. The molecule has 5 nitrogen and oxygen atoms in total. The molecule has 0 spiro atoms. The molecule has 0 fully saturated rings. The van der Waals surface area contributed by atoms with E-state index in [9.17, 15) is 13.2 Å². The third-order valence-corrected chi connectivity index (χ3v) is 7.11. The number of carbonyl (C=O) groups excluding carboxylic acids is 1. The minimum absolute atomic E-state index is 0.0118. The van der Waals surface area contributed by atoms with Crippen molar-refractivity contribution < 1.29 is 13.2 Å². The smallest absolute Gasteiger partial charge is 0.264 e. The van der Waals surface area contributed by atoms with Crippen LogP contribution in [-0.2, 0) is 14.8 Å². The largest absolute Gasteiger partial charge is 0.322 e. The monoisotopic (exact) mass is 516 g/mol. The van der Waals surface area contributed by atoms with Crippen LogP contribution in [0.2, 0.25) is 20.1 Å². The SMILES string of the molecule is Cc1ccc(S(=O)(=O)N(CC(=O)Nc2c(Cl)cccc2Cl)c2cc(Cl)cc(Cl)c2)cc1. The van der Waals surface area contributed by atoms with Crippen LogP contribution in [0.4, 0.5) is 11.4 Å². The zero-order chi connectivity index (χ0) is 22.8. The zero-order valence-corrected chi connectivity index (χ0v) is 19.9. The van der Waals surface area contributed by atoms with E-state index in [2.05, 4.69) is 5.32 Å². The number of benzene rings is 3. The van der Waals surface area contributed by atoms with Gasteiger partial charge in [-0.2, -0.15) is 0 Å². The number of sulfonamides is 1. The van der Waals surface area contributed by atoms with Gasteiger partial charge in [-0.3, -0.25) is 9.10 Å². The first-order chi connectivity index (χ1) is 14.6. The fourth-order valence-corrected chi connectivity index (χ4v) is 5.17. The van der Waals surface area contributed by atoms with Crippen molar-refractivity contribution in [2.24, 2.45) is 0 Å². The number of anilines is 2. The van der Waals surface area contributed by atoms with Crippen LogP contribution < -0.4 is 9.62 Å². The van der Waals surface area contributed by atoms with Gasteiger partial charge in [0.1, 0.15) is 6.54 Å². The Labute approximate surface area is 200 Å². The van der Waals surface area contributed by atoms with Gasteiger partial charge in [-0.15, -0.1) is 0 Å². The van der Waals surface area contributed by atoms with Crippen LogP contribution in [0.25, 0.3) is 0 Å². The highest BCUT2D eigenvalue weighted by Crippen LogP contribution is 2.32. The third-order valence-electron chi connectivity index (χ3n) is 4.26. The van der Waals surface area contributed by atoms with Gasteiger partial charge in [0.2, 0.25) is 5.91 Å². The van der Waals surface area contributed by atoms with Crippen LogP contribution in [0.5, 0.6) is 0 Å². The molecular formula is C21H16Cl4N2O3S. The lowest BCUT2D eigenvalue weighted by atomic mass is 10.2. The fraction of sp³-hybridized carbons (Fsp3) is 0.0952. The van der Waals surface area contributed by atoms with E-state index in [1.165, 1.54) is 30.3 Å². The number of hydrogen-bond donors (Lipinski definition) is 1. The average Bonchev–Trinajstić information content (AvgIpc) is 2.68. The van der Waals surface area contributed by atoms with Crippen molar-refractivity contribution >= 4 is 73.7 Å². The molecule has 0 saturated heterocycles. The molecule has 0 aliphatic carbocycles. The molecule has 0 atom stereocenters. The molecular weight excluding hydrogens is 502 g/mol. The van der Waals surface area contributed by atoms with Crippen molar-refractivity contribution in [2.45, 2.75) is 11.8 Å². The second-order valence-electron chi connectivity index (χ2n) is 6.60. The molecule has 0 radical (unpaired) electrons. The lowest BCUT2D eigenvalue weighted by Gasteiger charge is -2.25. The Kier molecular flexibility index (Phi) is 7.39. The highest BCUT2D eigenvalue weighted by molar-refractivity contribution is 7.92. The molecule has 0 aliphatic rings. The van der Waals surface area contributed by atoms with E-state index in [1.54, 1.807) is 30.3 Å². The Hall–Kier alpha value is -1.96. The van der Waals surface area contributed by atoms with Gasteiger partial charge >= 0.3 is 0 Å². The topological polar surface area (TPSA) is 66.5 Å². The van der Waals surface area contributed by atoms with Crippen LogP contribution in [0.3, 0.4) is 0 Å². The number of carbonyl (C=O) groups is 1. The van der Waals surface area contributed by atoms with Gasteiger partial charge in [0.25, 0.3) is 10.0 Å². The Morgan fingerprint density at radius 3 is 2.00 bits per heavy atom. The maximum absolute atomic E-state index is 13.4. The number of halogens is 4. The van der Waals surface area contributed by atoms with Gasteiger partial charge in [-0.05, 0) is 49.4 Å². The van der Waals surface area contributed by atoms with Crippen molar-refractivity contribution in [2.75, 3.05) is 16.2 Å². The first kappa shape index (κ1) is 23.7. The molecule has 3 rings (SSSR count). The summed E-state index contributed by atoms with van der Waals surface area (Å²) < 4.78 is 27.7. The zero-order valence-electron chi connectivity index (χ0n) is 16.1. The Morgan fingerprint density at radius 2 is 1.45 bits per heavy atom. The second-order valence-corrected chi connectivity index (χ2v) is 10.1. The molecule has 1 N–H and O–H groups in total. The van der Waals surface area contributed by atoms with Crippen molar-refractivity contribution in [1.82, 2.24) is 0 Å². The Morgan fingerprint density at radius 1 is 0.903 bits per heavy atom. The number of rotatable bonds is 6. The summed E-state index contributed by atoms with van der Waals surface area (Å²) >= 11 is 24.4. The van der Waals surface area contributed by atoms with Gasteiger partial charge in [0.05, 0.1) is 26.3 Å². The molecule has 3 aromatic rings. The summed E-state index contributed by atoms with van der Waals surface area (Å²) in [5.41, 5.74) is 1.22. The van der Waals surface area contributed by atoms with Crippen LogP contribution in [0.1, 0.15) is 5.56 Å². The summed E-state index contributed by atoms with van der Waals surface area (Å²) in [6, 6.07) is 15.3. The number of nitrogens with one attached hydrogen (secondary N) is 1. The van der Waals surface area contributed by atoms with Gasteiger partial charge in [0.15, 0.2) is 0 Å². The number of amides is 1. The predicted molar refractivity (Wildman–Crippen MR) is 127 cm³/mol. The third kappa shape index (κ3) is 5.64. The van der Waals surface area contributed by atoms with Gasteiger partial charge in [-0.25, -0.2) is 8.42 Å². The Bertz CT molecular complexity index is 1190. The van der Waals surface area contributed by atoms with Gasteiger partial charge in [0, 0.05) is 10.0 Å². The molecule has 162 valence electrons. The fourth-order valence-electron chi connectivity index (χ4n) is 2.76. The number of aryl methyl sites for hydroxylation is 1. The highest BCUT2D eigenvalue weighted by Gasteiger charge is 2.28. The van der Waals surface area contributed by atoms with E-state index in [4.69, 9.17) is 46.4 Å². The molecule has 10 heteroatoms. The molecule has 0 aliphatic heterocycles. The molecule has 1 amide bonds. The van der Waals surface area contributed by atoms with Gasteiger partial charge < -0.3 is 5.32 Å². The minimum atomic E-state index is -4.12.